The molecule has 0 atom stereocenters. The molecule has 3 N–H and O–H groups in total. The van der Waals surface area contributed by atoms with Crippen LogP contribution in [0.15, 0.2) is 34.0 Å². The van der Waals surface area contributed by atoms with E-state index >= 15 is 0 Å². The second-order valence-corrected chi connectivity index (χ2v) is 5.95. The van der Waals surface area contributed by atoms with Gasteiger partial charge in [-0.15, -0.1) is 11.3 Å². The number of nitrogen functional groups attached to an aromatic ring is 1. The number of sulfonamides is 1. The maximum atomic E-state index is 13.4. The van der Waals surface area contributed by atoms with Crippen LogP contribution >= 0.6 is 11.3 Å². The molecule has 5 nitrogen and oxygen atoms in total. The number of benzene rings is 1. The van der Waals surface area contributed by atoms with Crippen LogP contribution in [-0.4, -0.2) is 13.4 Å². The number of nitrogens with zero attached hydrogens (tertiary/aromatic N) is 1. The highest BCUT2D eigenvalue weighted by atomic mass is 32.2. The van der Waals surface area contributed by atoms with Gasteiger partial charge in [0.15, 0.2) is 0 Å². The van der Waals surface area contributed by atoms with E-state index in [1.54, 1.807) is 10.9 Å². The molecule has 1 aromatic heterocycles. The quantitative estimate of drug-likeness (QED) is 0.831. The van der Waals surface area contributed by atoms with Crippen molar-refractivity contribution in [1.82, 2.24) is 9.71 Å². The summed E-state index contributed by atoms with van der Waals surface area (Å²) in [7, 11) is -3.93. The molecule has 8 heteroatoms. The Kier molecular flexibility index (Phi) is 3.60. The van der Waals surface area contributed by atoms with Crippen molar-refractivity contribution in [3.05, 3.63) is 40.6 Å². The van der Waals surface area contributed by atoms with E-state index in [1.807, 2.05) is 0 Å². The highest BCUT2D eigenvalue weighted by molar-refractivity contribution is 7.89. The fourth-order valence-electron chi connectivity index (χ4n) is 1.30. The lowest BCUT2D eigenvalue weighted by Gasteiger charge is -2.07. The van der Waals surface area contributed by atoms with Gasteiger partial charge >= 0.3 is 0 Å². The topological polar surface area (TPSA) is 85.1 Å². The summed E-state index contributed by atoms with van der Waals surface area (Å²) >= 11 is 1.35. The van der Waals surface area contributed by atoms with Gasteiger partial charge in [0.1, 0.15) is 10.7 Å². The van der Waals surface area contributed by atoms with E-state index in [9.17, 15) is 12.8 Å². The largest absolute Gasteiger partial charge is 0.399 e. The zero-order chi connectivity index (χ0) is 13.2. The Hall–Kier alpha value is -1.51. The van der Waals surface area contributed by atoms with Gasteiger partial charge < -0.3 is 5.73 Å². The first-order valence-corrected chi connectivity index (χ1v) is 7.33. The molecule has 2 rings (SSSR count). The monoisotopic (exact) mass is 287 g/mol. The second kappa shape index (κ2) is 5.01. The van der Waals surface area contributed by atoms with Crippen molar-refractivity contribution in [2.75, 3.05) is 5.73 Å². The van der Waals surface area contributed by atoms with Gasteiger partial charge in [0, 0.05) is 11.1 Å². The van der Waals surface area contributed by atoms with Crippen LogP contribution in [0.2, 0.25) is 0 Å². The average molecular weight is 287 g/mol. The van der Waals surface area contributed by atoms with E-state index < -0.39 is 20.7 Å². The summed E-state index contributed by atoms with van der Waals surface area (Å²) in [5.41, 5.74) is 7.80. The van der Waals surface area contributed by atoms with E-state index in [0.29, 0.717) is 5.69 Å². The molecule has 0 aliphatic heterocycles. The van der Waals surface area contributed by atoms with Crippen molar-refractivity contribution in [3.8, 4) is 0 Å². The Morgan fingerprint density at radius 2 is 2.22 bits per heavy atom. The number of aromatic nitrogens is 1. The first-order valence-electron chi connectivity index (χ1n) is 4.91. The van der Waals surface area contributed by atoms with E-state index in [4.69, 9.17) is 5.73 Å². The standard InChI is InChI=1S/C10H10FN3O2S2/c11-9-2-1-7(12)3-10(9)18(15,16)14-4-8-5-17-6-13-8/h1-3,5-6,14H,4,12H2. The van der Waals surface area contributed by atoms with Crippen molar-refractivity contribution in [1.29, 1.82) is 0 Å². The maximum Gasteiger partial charge on any atom is 0.243 e. The van der Waals surface area contributed by atoms with Gasteiger partial charge in [-0.05, 0) is 18.2 Å². The summed E-state index contributed by atoms with van der Waals surface area (Å²) in [6.07, 6.45) is 0. The third kappa shape index (κ3) is 2.84. The molecule has 2 aromatic rings. The van der Waals surface area contributed by atoms with Crippen LogP contribution in [0, 0.1) is 5.82 Å². The predicted molar refractivity (Wildman–Crippen MR) is 67.0 cm³/mol. The van der Waals surface area contributed by atoms with Crippen molar-refractivity contribution in [3.63, 3.8) is 0 Å². The van der Waals surface area contributed by atoms with Gasteiger partial charge in [-0.25, -0.2) is 22.5 Å². The minimum atomic E-state index is -3.93. The van der Waals surface area contributed by atoms with Crippen LogP contribution in [0.4, 0.5) is 10.1 Å². The third-order valence-corrected chi connectivity index (χ3v) is 4.22. The summed E-state index contributed by atoms with van der Waals surface area (Å²) in [5.74, 6) is -0.838. The first kappa shape index (κ1) is 12.9. The highest BCUT2D eigenvalue weighted by Crippen LogP contribution is 2.17. The molecule has 0 saturated carbocycles. The van der Waals surface area contributed by atoms with Gasteiger partial charge in [-0.2, -0.15) is 0 Å². The van der Waals surface area contributed by atoms with Gasteiger partial charge in [-0.1, -0.05) is 0 Å². The van der Waals surface area contributed by atoms with E-state index in [0.717, 1.165) is 12.1 Å². The molecule has 0 saturated heterocycles. The SMILES string of the molecule is Nc1ccc(F)c(S(=O)(=O)NCc2cscn2)c1. The van der Waals surface area contributed by atoms with Gasteiger partial charge in [0.25, 0.3) is 0 Å². The van der Waals surface area contributed by atoms with Crippen molar-refractivity contribution in [2.45, 2.75) is 11.4 Å². The van der Waals surface area contributed by atoms with E-state index in [1.165, 1.54) is 17.4 Å². The van der Waals surface area contributed by atoms with Crippen molar-refractivity contribution >= 4 is 27.0 Å². The summed E-state index contributed by atoms with van der Waals surface area (Å²) < 4.78 is 39.4. The molecule has 0 radical (unpaired) electrons. The highest BCUT2D eigenvalue weighted by Gasteiger charge is 2.19. The normalized spacial score (nSPS) is 11.6. The lowest BCUT2D eigenvalue weighted by atomic mass is 10.3. The Morgan fingerprint density at radius 1 is 1.44 bits per heavy atom. The summed E-state index contributed by atoms with van der Waals surface area (Å²) in [4.78, 5) is 3.47. The molecule has 0 spiro atoms. The fraction of sp³-hybridized carbons (Fsp3) is 0.100. The zero-order valence-electron chi connectivity index (χ0n) is 9.13. The lowest BCUT2D eigenvalue weighted by molar-refractivity contribution is 0.556. The molecule has 0 aliphatic rings. The molecule has 96 valence electrons. The molecule has 0 unspecified atom stereocenters. The maximum absolute atomic E-state index is 13.4. The second-order valence-electron chi connectivity index (χ2n) is 3.49. The predicted octanol–water partition coefficient (Wildman–Crippen LogP) is 1.34. The van der Waals surface area contributed by atoms with Gasteiger partial charge in [0.2, 0.25) is 10.0 Å². The molecular weight excluding hydrogens is 277 g/mol. The van der Waals surface area contributed by atoms with Crippen molar-refractivity contribution < 1.29 is 12.8 Å². The molecule has 0 amide bonds. The number of nitrogens with two attached hydrogens (primary N) is 1. The molecule has 0 fully saturated rings. The van der Waals surface area contributed by atoms with Crippen LogP contribution in [0.1, 0.15) is 5.69 Å². The van der Waals surface area contributed by atoms with Crippen LogP contribution in [0.3, 0.4) is 0 Å². The average Bonchev–Trinajstić information content (AvgIpc) is 2.83. The number of thiazole rings is 1. The lowest BCUT2D eigenvalue weighted by Crippen LogP contribution is -2.24. The Balaban J connectivity index is 2.22. The molecule has 0 aliphatic carbocycles. The summed E-state index contributed by atoms with van der Waals surface area (Å²) in [6, 6.07) is 3.40. The van der Waals surface area contributed by atoms with Crippen LogP contribution in [0.25, 0.3) is 0 Å². The van der Waals surface area contributed by atoms with E-state index in [-0.39, 0.29) is 12.2 Å². The molecular formula is C10H10FN3O2S2. The number of hydrogen-bond acceptors (Lipinski definition) is 5. The fourth-order valence-corrected chi connectivity index (χ4v) is 2.97. The number of nitrogens with one attached hydrogen (secondary N) is 1. The Morgan fingerprint density at radius 3 is 2.89 bits per heavy atom. The van der Waals surface area contributed by atoms with E-state index in [2.05, 4.69) is 9.71 Å². The van der Waals surface area contributed by atoms with Gasteiger partial charge in [0.05, 0.1) is 17.7 Å². The number of hydrogen-bond donors (Lipinski definition) is 2. The number of halogens is 1. The minimum absolute atomic E-state index is 0.0140. The molecule has 1 aromatic carbocycles. The molecule has 1 heterocycles. The number of anilines is 1. The van der Waals surface area contributed by atoms with Crippen LogP contribution in [-0.2, 0) is 16.6 Å². The summed E-state index contributed by atoms with van der Waals surface area (Å²) in [6.45, 7) is 0.0140. The zero-order valence-corrected chi connectivity index (χ0v) is 10.8. The molecule has 0 bridgehead atoms. The summed E-state index contributed by atoms with van der Waals surface area (Å²) in [5, 5.41) is 1.71. The van der Waals surface area contributed by atoms with Crippen LogP contribution < -0.4 is 10.5 Å². The Labute approximate surface area is 108 Å². The number of rotatable bonds is 4. The Bertz CT molecular complexity index is 641. The third-order valence-electron chi connectivity index (χ3n) is 2.17. The smallest absolute Gasteiger partial charge is 0.243 e. The molecule has 18 heavy (non-hydrogen) atoms. The van der Waals surface area contributed by atoms with Gasteiger partial charge in [-0.3, -0.25) is 0 Å². The minimum Gasteiger partial charge on any atom is -0.399 e. The first-order chi connectivity index (χ1) is 8.49. The van der Waals surface area contributed by atoms with Crippen LogP contribution in [0.5, 0.6) is 0 Å². The van der Waals surface area contributed by atoms with Crippen molar-refractivity contribution in [2.24, 2.45) is 0 Å².